The third-order valence-electron chi connectivity index (χ3n) is 5.53. The molecule has 2 saturated heterocycles. The summed E-state index contributed by atoms with van der Waals surface area (Å²) < 4.78 is 5.87. The van der Waals surface area contributed by atoms with Crippen molar-refractivity contribution < 1.29 is 9.53 Å². The largest absolute Gasteiger partial charge is 0.373 e. The number of aliphatic imine (C=N–C) groups is 1. The lowest BCUT2D eigenvalue weighted by Gasteiger charge is -2.44. The Morgan fingerprint density at radius 3 is 2.30 bits per heavy atom. The summed E-state index contributed by atoms with van der Waals surface area (Å²) in [6, 6.07) is 0.366. The molecule has 2 fully saturated rings. The molecule has 0 saturated carbocycles. The van der Waals surface area contributed by atoms with Gasteiger partial charge in [0, 0.05) is 51.2 Å². The van der Waals surface area contributed by atoms with Crippen LogP contribution < -0.4 is 10.6 Å². The van der Waals surface area contributed by atoms with Gasteiger partial charge in [0.05, 0.1) is 18.8 Å². The molecule has 0 spiro atoms. The van der Waals surface area contributed by atoms with E-state index < -0.39 is 0 Å². The Balaban J connectivity index is 1.93. The molecule has 0 bridgehead atoms. The molecule has 7 heteroatoms. The number of likely N-dealkylation sites (tertiary alicyclic amines) is 1. The zero-order chi connectivity index (χ0) is 20.0. The molecule has 27 heavy (non-hydrogen) atoms. The molecule has 2 aliphatic rings. The van der Waals surface area contributed by atoms with Gasteiger partial charge in [-0.15, -0.1) is 0 Å². The van der Waals surface area contributed by atoms with Crippen LogP contribution in [-0.2, 0) is 9.53 Å². The first-order valence-corrected chi connectivity index (χ1v) is 10.4. The predicted molar refractivity (Wildman–Crippen MR) is 110 cm³/mol. The number of morpholine rings is 1. The summed E-state index contributed by atoms with van der Waals surface area (Å²) >= 11 is 0. The molecule has 0 aromatic carbocycles. The lowest BCUT2D eigenvalue weighted by Crippen LogP contribution is -2.56. The van der Waals surface area contributed by atoms with Crippen molar-refractivity contribution in [1.82, 2.24) is 20.4 Å². The third kappa shape index (κ3) is 6.64. The second-order valence-corrected chi connectivity index (χ2v) is 8.59. The summed E-state index contributed by atoms with van der Waals surface area (Å²) in [5, 5.41) is 6.94. The van der Waals surface area contributed by atoms with Crippen molar-refractivity contribution in [3.8, 4) is 0 Å². The molecule has 2 rings (SSSR count). The molecule has 2 heterocycles. The highest BCUT2D eigenvalue weighted by atomic mass is 16.5. The molecule has 2 atom stereocenters. The van der Waals surface area contributed by atoms with Gasteiger partial charge in [-0.25, -0.2) is 0 Å². The fraction of sp³-hybridized carbons (Fsp3) is 0.900. The predicted octanol–water partition coefficient (Wildman–Crippen LogP) is 1.44. The van der Waals surface area contributed by atoms with Crippen molar-refractivity contribution in [2.75, 3.05) is 39.3 Å². The fourth-order valence-electron chi connectivity index (χ4n) is 3.90. The maximum Gasteiger partial charge on any atom is 0.219 e. The zero-order valence-corrected chi connectivity index (χ0v) is 18.0. The van der Waals surface area contributed by atoms with Crippen molar-refractivity contribution in [2.24, 2.45) is 4.99 Å². The SMILES string of the molecule is CCNC(=NCC(C)(C)N1CC(C)OC(C)C1)NC1CCN(C(C)=O)CC1. The molecule has 0 radical (unpaired) electrons. The van der Waals surface area contributed by atoms with Gasteiger partial charge in [0.15, 0.2) is 5.96 Å². The number of carbonyl (C=O) groups is 1. The van der Waals surface area contributed by atoms with Crippen LogP contribution in [0.5, 0.6) is 0 Å². The minimum absolute atomic E-state index is 0.0212. The van der Waals surface area contributed by atoms with E-state index in [9.17, 15) is 4.79 Å². The summed E-state index contributed by atoms with van der Waals surface area (Å²) in [6.45, 7) is 17.6. The number of ether oxygens (including phenoxy) is 1. The van der Waals surface area contributed by atoms with Crippen LogP contribution in [0.25, 0.3) is 0 Å². The van der Waals surface area contributed by atoms with Gasteiger partial charge >= 0.3 is 0 Å². The molecule has 2 unspecified atom stereocenters. The highest BCUT2D eigenvalue weighted by molar-refractivity contribution is 5.80. The normalized spacial score (nSPS) is 26.1. The molecule has 0 aliphatic carbocycles. The van der Waals surface area contributed by atoms with Gasteiger partial charge in [-0.05, 0) is 47.5 Å². The number of hydrogen-bond acceptors (Lipinski definition) is 4. The van der Waals surface area contributed by atoms with Crippen LogP contribution in [0.15, 0.2) is 4.99 Å². The second kappa shape index (κ2) is 9.73. The number of nitrogens with one attached hydrogen (secondary N) is 2. The number of rotatable bonds is 5. The first-order chi connectivity index (χ1) is 12.7. The van der Waals surface area contributed by atoms with Crippen molar-refractivity contribution >= 4 is 11.9 Å². The van der Waals surface area contributed by atoms with E-state index in [2.05, 4.69) is 50.2 Å². The average molecular weight is 382 g/mol. The number of hydrogen-bond donors (Lipinski definition) is 2. The molecule has 1 amide bonds. The Morgan fingerprint density at radius 2 is 1.78 bits per heavy atom. The first kappa shape index (κ1) is 22.0. The smallest absolute Gasteiger partial charge is 0.219 e. The highest BCUT2D eigenvalue weighted by Gasteiger charge is 2.33. The third-order valence-corrected chi connectivity index (χ3v) is 5.53. The van der Waals surface area contributed by atoms with E-state index in [4.69, 9.17) is 9.73 Å². The Labute approximate surface area is 164 Å². The van der Waals surface area contributed by atoms with E-state index >= 15 is 0 Å². The molecular formula is C20H39N5O2. The van der Waals surface area contributed by atoms with Crippen LogP contribution in [-0.4, -0.2) is 84.7 Å². The lowest BCUT2D eigenvalue weighted by atomic mass is 10.0. The van der Waals surface area contributed by atoms with E-state index in [1.807, 2.05) is 4.90 Å². The minimum atomic E-state index is -0.0212. The van der Waals surface area contributed by atoms with Crippen LogP contribution in [0.1, 0.15) is 54.4 Å². The Bertz CT molecular complexity index is 505. The monoisotopic (exact) mass is 381 g/mol. The molecule has 0 aromatic rings. The Hall–Kier alpha value is -1.34. The molecule has 2 N–H and O–H groups in total. The second-order valence-electron chi connectivity index (χ2n) is 8.59. The number of guanidine groups is 1. The van der Waals surface area contributed by atoms with E-state index in [1.54, 1.807) is 6.92 Å². The quantitative estimate of drug-likeness (QED) is 0.557. The van der Waals surface area contributed by atoms with E-state index in [-0.39, 0.29) is 23.7 Å². The van der Waals surface area contributed by atoms with Crippen LogP contribution in [0, 0.1) is 0 Å². The van der Waals surface area contributed by atoms with Crippen LogP contribution in [0.3, 0.4) is 0 Å². The maximum atomic E-state index is 11.5. The molecular weight excluding hydrogens is 342 g/mol. The van der Waals surface area contributed by atoms with Crippen molar-refractivity contribution in [3.05, 3.63) is 0 Å². The summed E-state index contributed by atoms with van der Waals surface area (Å²) in [6.07, 6.45) is 2.45. The number of nitrogens with zero attached hydrogens (tertiary/aromatic N) is 3. The van der Waals surface area contributed by atoms with Gasteiger partial charge < -0.3 is 20.3 Å². The van der Waals surface area contributed by atoms with Gasteiger partial charge in [0.1, 0.15) is 0 Å². The zero-order valence-electron chi connectivity index (χ0n) is 18.0. The van der Waals surface area contributed by atoms with Crippen molar-refractivity contribution in [3.63, 3.8) is 0 Å². The van der Waals surface area contributed by atoms with Gasteiger partial charge in [0.25, 0.3) is 0 Å². The molecule has 156 valence electrons. The summed E-state index contributed by atoms with van der Waals surface area (Å²) in [5.41, 5.74) is -0.0212. The fourth-order valence-corrected chi connectivity index (χ4v) is 3.90. The van der Waals surface area contributed by atoms with Crippen molar-refractivity contribution in [2.45, 2.75) is 78.2 Å². The number of amides is 1. The van der Waals surface area contributed by atoms with Gasteiger partial charge in [-0.2, -0.15) is 0 Å². The van der Waals surface area contributed by atoms with E-state index in [0.29, 0.717) is 6.04 Å². The molecule has 0 aromatic heterocycles. The average Bonchev–Trinajstić information content (AvgIpc) is 2.59. The van der Waals surface area contributed by atoms with E-state index in [0.717, 1.165) is 58.1 Å². The standard InChI is InChI=1S/C20H39N5O2/c1-7-21-19(23-18-8-10-24(11-9-18)17(4)26)22-14-20(5,6)25-12-15(2)27-16(3)13-25/h15-16,18H,7-14H2,1-6H3,(H2,21,22,23). The first-order valence-electron chi connectivity index (χ1n) is 10.4. The topological polar surface area (TPSA) is 69.2 Å². The van der Waals surface area contributed by atoms with E-state index in [1.165, 1.54) is 0 Å². The van der Waals surface area contributed by atoms with Crippen LogP contribution in [0.4, 0.5) is 0 Å². The lowest BCUT2D eigenvalue weighted by molar-refractivity contribution is -0.129. The van der Waals surface area contributed by atoms with Gasteiger partial charge in [-0.1, -0.05) is 0 Å². The van der Waals surface area contributed by atoms with Gasteiger partial charge in [-0.3, -0.25) is 14.7 Å². The number of piperidine rings is 1. The summed E-state index contributed by atoms with van der Waals surface area (Å²) in [5.74, 6) is 1.05. The minimum Gasteiger partial charge on any atom is -0.373 e. The molecule has 7 nitrogen and oxygen atoms in total. The number of carbonyl (C=O) groups excluding carboxylic acids is 1. The summed E-state index contributed by atoms with van der Waals surface area (Å²) in [7, 11) is 0. The van der Waals surface area contributed by atoms with Gasteiger partial charge in [0.2, 0.25) is 5.91 Å². The highest BCUT2D eigenvalue weighted by Crippen LogP contribution is 2.21. The van der Waals surface area contributed by atoms with Crippen molar-refractivity contribution in [1.29, 1.82) is 0 Å². The maximum absolute atomic E-state index is 11.5. The van der Waals surface area contributed by atoms with Crippen LogP contribution >= 0.6 is 0 Å². The summed E-state index contributed by atoms with van der Waals surface area (Å²) in [4.78, 5) is 20.8. The van der Waals surface area contributed by atoms with Crippen LogP contribution in [0.2, 0.25) is 0 Å². The Kier molecular flexibility index (Phi) is 7.91. The molecule has 2 aliphatic heterocycles. The Morgan fingerprint density at radius 1 is 1.19 bits per heavy atom.